The second-order valence-electron chi connectivity index (χ2n) is 8.17. The van der Waals surface area contributed by atoms with Crippen molar-refractivity contribution in [3.8, 4) is 0 Å². The van der Waals surface area contributed by atoms with E-state index in [2.05, 4.69) is 0 Å². The highest BCUT2D eigenvalue weighted by Crippen LogP contribution is 2.45. The molecule has 1 aromatic carbocycles. The van der Waals surface area contributed by atoms with Gasteiger partial charge in [0.1, 0.15) is 5.82 Å². The zero-order chi connectivity index (χ0) is 19.8. The summed E-state index contributed by atoms with van der Waals surface area (Å²) in [7, 11) is 0. The summed E-state index contributed by atoms with van der Waals surface area (Å²) < 4.78 is 13.8. The first-order chi connectivity index (χ1) is 13.4. The average molecular weight is 387 g/mol. The SMILES string of the molecule is CC(=O)N1C[C@H]2CN(C(=O)CN3CCCCC3=O)C[C@H]2[C@H]1c1cccc(F)c1. The van der Waals surface area contributed by atoms with E-state index < -0.39 is 0 Å². The molecule has 4 rings (SSSR count). The third-order valence-corrected chi connectivity index (χ3v) is 6.36. The fraction of sp³-hybridized carbons (Fsp3) is 0.571. The lowest BCUT2D eigenvalue weighted by Crippen LogP contribution is -2.45. The van der Waals surface area contributed by atoms with E-state index in [-0.39, 0.29) is 48.0 Å². The van der Waals surface area contributed by atoms with E-state index in [0.717, 1.165) is 18.4 Å². The Morgan fingerprint density at radius 2 is 2.00 bits per heavy atom. The van der Waals surface area contributed by atoms with Gasteiger partial charge < -0.3 is 14.7 Å². The highest BCUT2D eigenvalue weighted by molar-refractivity contribution is 5.85. The highest BCUT2D eigenvalue weighted by Gasteiger charge is 2.49. The second-order valence-corrected chi connectivity index (χ2v) is 8.17. The minimum Gasteiger partial charge on any atom is -0.340 e. The summed E-state index contributed by atoms with van der Waals surface area (Å²) in [6, 6.07) is 6.18. The van der Waals surface area contributed by atoms with Crippen LogP contribution in [-0.2, 0) is 14.4 Å². The number of carbonyl (C=O) groups excluding carboxylic acids is 3. The van der Waals surface area contributed by atoms with E-state index in [4.69, 9.17) is 0 Å². The van der Waals surface area contributed by atoms with Gasteiger partial charge in [0.15, 0.2) is 0 Å². The summed E-state index contributed by atoms with van der Waals surface area (Å²) in [4.78, 5) is 42.2. The molecule has 0 spiro atoms. The molecular formula is C21H26FN3O3. The molecule has 3 saturated heterocycles. The standard InChI is InChI=1S/C21H26FN3O3/c1-14(26)25-11-16-10-24(20(28)13-23-8-3-2-7-19(23)27)12-18(16)21(25)15-5-4-6-17(22)9-15/h4-6,9,16,18,21H,2-3,7-8,10-13H2,1H3/t16-,18-,21-/m1/s1. The van der Waals surface area contributed by atoms with Crippen molar-refractivity contribution in [1.29, 1.82) is 0 Å². The van der Waals surface area contributed by atoms with Gasteiger partial charge in [-0.3, -0.25) is 14.4 Å². The molecule has 1 aromatic rings. The van der Waals surface area contributed by atoms with Crippen LogP contribution in [0.25, 0.3) is 0 Å². The van der Waals surface area contributed by atoms with Crippen LogP contribution in [0.1, 0.15) is 37.8 Å². The first-order valence-electron chi connectivity index (χ1n) is 10.0. The molecule has 150 valence electrons. The molecule has 6 nitrogen and oxygen atoms in total. The molecule has 0 saturated carbocycles. The fourth-order valence-corrected chi connectivity index (χ4v) is 4.98. The number of halogens is 1. The molecule has 3 amide bonds. The fourth-order valence-electron chi connectivity index (χ4n) is 4.98. The minimum atomic E-state index is -0.320. The third kappa shape index (κ3) is 3.50. The zero-order valence-corrected chi connectivity index (χ0v) is 16.1. The van der Waals surface area contributed by atoms with Crippen LogP contribution in [0.5, 0.6) is 0 Å². The van der Waals surface area contributed by atoms with Crippen molar-refractivity contribution in [2.75, 3.05) is 32.7 Å². The van der Waals surface area contributed by atoms with Crippen molar-refractivity contribution in [3.05, 3.63) is 35.6 Å². The summed E-state index contributed by atoms with van der Waals surface area (Å²) in [5, 5.41) is 0. The van der Waals surface area contributed by atoms with Crippen LogP contribution in [0.4, 0.5) is 4.39 Å². The third-order valence-electron chi connectivity index (χ3n) is 6.36. The first-order valence-corrected chi connectivity index (χ1v) is 10.0. The Labute approximate surface area is 164 Å². The molecule has 7 heteroatoms. The molecule has 3 heterocycles. The molecule has 0 bridgehead atoms. The lowest BCUT2D eigenvalue weighted by Gasteiger charge is -2.31. The Kier molecular flexibility index (Phi) is 5.08. The number of nitrogens with zero attached hydrogens (tertiary/aromatic N) is 3. The predicted molar refractivity (Wildman–Crippen MR) is 101 cm³/mol. The molecule has 28 heavy (non-hydrogen) atoms. The molecule has 0 aliphatic carbocycles. The van der Waals surface area contributed by atoms with Gasteiger partial charge in [-0.05, 0) is 30.5 Å². The van der Waals surface area contributed by atoms with Gasteiger partial charge in [-0.25, -0.2) is 4.39 Å². The number of rotatable bonds is 3. The molecule has 3 atom stereocenters. The monoisotopic (exact) mass is 387 g/mol. The summed E-state index contributed by atoms with van der Waals surface area (Å²) in [6.45, 7) is 4.03. The van der Waals surface area contributed by atoms with E-state index in [9.17, 15) is 18.8 Å². The van der Waals surface area contributed by atoms with Crippen LogP contribution in [0.2, 0.25) is 0 Å². The van der Waals surface area contributed by atoms with Gasteiger partial charge in [0.2, 0.25) is 17.7 Å². The van der Waals surface area contributed by atoms with Gasteiger partial charge in [-0.1, -0.05) is 12.1 Å². The van der Waals surface area contributed by atoms with Crippen LogP contribution < -0.4 is 0 Å². The maximum atomic E-state index is 13.8. The topological polar surface area (TPSA) is 60.9 Å². The predicted octanol–water partition coefficient (Wildman–Crippen LogP) is 1.82. The van der Waals surface area contributed by atoms with Crippen LogP contribution in [0, 0.1) is 17.7 Å². The van der Waals surface area contributed by atoms with Crippen molar-refractivity contribution in [3.63, 3.8) is 0 Å². The van der Waals surface area contributed by atoms with E-state index in [1.165, 1.54) is 19.1 Å². The molecule has 0 N–H and O–H groups in total. The lowest BCUT2D eigenvalue weighted by atomic mass is 9.89. The van der Waals surface area contributed by atoms with E-state index in [1.54, 1.807) is 15.9 Å². The molecular weight excluding hydrogens is 361 g/mol. The van der Waals surface area contributed by atoms with Crippen LogP contribution in [0.3, 0.4) is 0 Å². The number of benzene rings is 1. The van der Waals surface area contributed by atoms with Crippen LogP contribution in [-0.4, -0.2) is 65.1 Å². The Hall–Kier alpha value is -2.44. The number of piperidine rings is 1. The van der Waals surface area contributed by atoms with E-state index >= 15 is 0 Å². The summed E-state index contributed by atoms with van der Waals surface area (Å²) in [5.74, 6) is -0.0549. The van der Waals surface area contributed by atoms with Gasteiger partial charge in [-0.15, -0.1) is 0 Å². The number of hydrogen-bond donors (Lipinski definition) is 0. The van der Waals surface area contributed by atoms with Crippen LogP contribution >= 0.6 is 0 Å². The van der Waals surface area contributed by atoms with Gasteiger partial charge >= 0.3 is 0 Å². The van der Waals surface area contributed by atoms with Gasteiger partial charge in [-0.2, -0.15) is 0 Å². The van der Waals surface area contributed by atoms with Crippen molar-refractivity contribution in [2.24, 2.45) is 11.8 Å². The van der Waals surface area contributed by atoms with E-state index in [1.807, 2.05) is 11.0 Å². The Bertz CT molecular complexity index is 799. The normalized spacial score (nSPS) is 27.3. The van der Waals surface area contributed by atoms with Gasteiger partial charge in [0.05, 0.1) is 12.6 Å². The second kappa shape index (κ2) is 7.53. The average Bonchev–Trinajstić information content (AvgIpc) is 3.21. The summed E-state index contributed by atoms with van der Waals surface area (Å²) >= 11 is 0. The quantitative estimate of drug-likeness (QED) is 0.795. The van der Waals surface area contributed by atoms with Crippen LogP contribution in [0.15, 0.2) is 24.3 Å². The summed E-state index contributed by atoms with van der Waals surface area (Å²) in [6.07, 6.45) is 2.36. The Morgan fingerprint density at radius 1 is 1.18 bits per heavy atom. The molecule has 3 aliphatic rings. The first kappa shape index (κ1) is 18.9. The number of likely N-dealkylation sites (tertiary alicyclic amines) is 3. The summed E-state index contributed by atoms with van der Waals surface area (Å²) in [5.41, 5.74) is 0.781. The Morgan fingerprint density at radius 3 is 2.71 bits per heavy atom. The lowest BCUT2D eigenvalue weighted by molar-refractivity contribution is -0.141. The minimum absolute atomic E-state index is 0.0274. The Balaban J connectivity index is 1.49. The van der Waals surface area contributed by atoms with Gasteiger partial charge in [0.25, 0.3) is 0 Å². The largest absolute Gasteiger partial charge is 0.340 e. The maximum Gasteiger partial charge on any atom is 0.242 e. The smallest absolute Gasteiger partial charge is 0.242 e. The van der Waals surface area contributed by atoms with Gasteiger partial charge in [0, 0.05) is 51.4 Å². The number of fused-ring (bicyclic) bond motifs is 1. The zero-order valence-electron chi connectivity index (χ0n) is 16.1. The maximum absolute atomic E-state index is 13.8. The van der Waals surface area contributed by atoms with Crippen molar-refractivity contribution >= 4 is 17.7 Å². The number of carbonyl (C=O) groups is 3. The van der Waals surface area contributed by atoms with Crippen molar-refractivity contribution in [1.82, 2.24) is 14.7 Å². The highest BCUT2D eigenvalue weighted by atomic mass is 19.1. The van der Waals surface area contributed by atoms with Crippen molar-refractivity contribution in [2.45, 2.75) is 32.2 Å². The molecule has 0 radical (unpaired) electrons. The van der Waals surface area contributed by atoms with Crippen molar-refractivity contribution < 1.29 is 18.8 Å². The molecule has 0 aromatic heterocycles. The molecule has 3 aliphatic heterocycles. The number of hydrogen-bond acceptors (Lipinski definition) is 3. The van der Waals surface area contributed by atoms with E-state index in [0.29, 0.717) is 32.6 Å². The molecule has 3 fully saturated rings. The number of amides is 3. The molecule has 0 unspecified atom stereocenters.